The van der Waals surface area contributed by atoms with E-state index in [9.17, 15) is 29.4 Å². The first-order valence-electron chi connectivity index (χ1n) is 11.0. The van der Waals surface area contributed by atoms with Crippen molar-refractivity contribution in [2.75, 3.05) is 10.6 Å². The molecule has 0 heterocycles. The van der Waals surface area contributed by atoms with Crippen molar-refractivity contribution < 1.29 is 29.4 Å². The van der Waals surface area contributed by atoms with Crippen LogP contribution < -0.4 is 10.6 Å². The van der Waals surface area contributed by atoms with Gasteiger partial charge in [0.1, 0.15) is 0 Å². The zero-order chi connectivity index (χ0) is 27.4. The van der Waals surface area contributed by atoms with Gasteiger partial charge in [0.2, 0.25) is 0 Å². The highest BCUT2D eigenvalue weighted by Gasteiger charge is 2.22. The lowest BCUT2D eigenvalue weighted by atomic mass is 9.95. The monoisotopic (exact) mass is 502 g/mol. The van der Waals surface area contributed by atoms with Crippen LogP contribution in [0.4, 0.5) is 11.4 Å². The average Bonchev–Trinajstić information content (AvgIpc) is 2.92. The van der Waals surface area contributed by atoms with Gasteiger partial charge in [-0.05, 0) is 83.6 Å². The largest absolute Gasteiger partial charge is 0.478 e. The average molecular weight is 502 g/mol. The molecular weight excluding hydrogens is 484 g/mol. The summed E-state index contributed by atoms with van der Waals surface area (Å²) in [6, 6.07) is 17.8. The van der Waals surface area contributed by atoms with Gasteiger partial charge in [-0.1, -0.05) is 11.8 Å². The lowest BCUT2D eigenvalue weighted by Gasteiger charge is -2.13. The Balaban J connectivity index is 1.76. The number of carbonyl (C=O) groups excluding carboxylic acids is 2. The quantitative estimate of drug-likeness (QED) is 0.283. The first-order valence-corrected chi connectivity index (χ1v) is 11.0. The summed E-state index contributed by atoms with van der Waals surface area (Å²) in [4.78, 5) is 50.0. The molecule has 4 rings (SSSR count). The molecule has 4 aromatic carbocycles. The molecule has 0 aromatic heterocycles. The van der Waals surface area contributed by atoms with Crippen molar-refractivity contribution >= 4 is 45.9 Å². The molecule has 0 unspecified atom stereocenters. The van der Waals surface area contributed by atoms with E-state index in [-0.39, 0.29) is 27.6 Å². The summed E-state index contributed by atoms with van der Waals surface area (Å²) < 4.78 is 0. The summed E-state index contributed by atoms with van der Waals surface area (Å²) in [7, 11) is 0. The van der Waals surface area contributed by atoms with E-state index < -0.39 is 23.8 Å². The molecule has 184 valence electrons. The second-order valence-electron chi connectivity index (χ2n) is 8.10. The number of carboxylic acid groups (broad SMARTS) is 2. The van der Waals surface area contributed by atoms with Gasteiger partial charge < -0.3 is 20.8 Å². The molecule has 0 saturated carbocycles. The Kier molecular flexibility index (Phi) is 6.91. The van der Waals surface area contributed by atoms with Crippen LogP contribution in [-0.2, 0) is 0 Å². The van der Waals surface area contributed by atoms with Crippen molar-refractivity contribution in [2.24, 2.45) is 0 Å². The van der Waals surface area contributed by atoms with Crippen molar-refractivity contribution in [2.45, 2.75) is 0 Å². The molecule has 0 fully saturated rings. The van der Waals surface area contributed by atoms with Crippen molar-refractivity contribution in [1.29, 1.82) is 0 Å². The summed E-state index contributed by atoms with van der Waals surface area (Å²) in [5.41, 5.74) is 0.967. The maximum absolute atomic E-state index is 13.0. The van der Waals surface area contributed by atoms with Crippen LogP contribution in [0.3, 0.4) is 0 Å². The first-order chi connectivity index (χ1) is 18.2. The van der Waals surface area contributed by atoms with E-state index in [1.807, 2.05) is 0 Å². The molecule has 0 spiro atoms. The van der Waals surface area contributed by atoms with Crippen molar-refractivity contribution in [1.82, 2.24) is 0 Å². The number of carbonyl (C=O) groups is 4. The molecule has 38 heavy (non-hydrogen) atoms. The van der Waals surface area contributed by atoms with E-state index in [0.717, 1.165) is 0 Å². The van der Waals surface area contributed by atoms with Crippen LogP contribution in [0.15, 0.2) is 72.8 Å². The highest BCUT2D eigenvalue weighted by Crippen LogP contribution is 2.26. The summed E-state index contributed by atoms with van der Waals surface area (Å²) >= 11 is 0. The molecule has 0 saturated heterocycles. The number of amides is 2. The van der Waals surface area contributed by atoms with Gasteiger partial charge in [0.25, 0.3) is 11.8 Å². The van der Waals surface area contributed by atoms with Gasteiger partial charge in [0.05, 0.1) is 22.3 Å². The molecule has 8 heteroatoms. The van der Waals surface area contributed by atoms with E-state index in [0.29, 0.717) is 27.9 Å². The van der Waals surface area contributed by atoms with Gasteiger partial charge in [-0.2, -0.15) is 0 Å². The van der Waals surface area contributed by atoms with Crippen LogP contribution >= 0.6 is 0 Å². The predicted octanol–water partition coefficient (Wildman–Crippen LogP) is 4.70. The molecule has 2 amide bonds. The van der Waals surface area contributed by atoms with E-state index >= 15 is 0 Å². The minimum atomic E-state index is -1.38. The molecule has 8 nitrogen and oxygen atoms in total. The highest BCUT2D eigenvalue weighted by atomic mass is 16.4. The Labute approximate surface area is 216 Å². The third-order valence-corrected chi connectivity index (χ3v) is 5.68. The Morgan fingerprint density at radius 1 is 0.553 bits per heavy atom. The lowest BCUT2D eigenvalue weighted by Crippen LogP contribution is -2.18. The van der Waals surface area contributed by atoms with Gasteiger partial charge in [0, 0.05) is 22.5 Å². The topological polar surface area (TPSA) is 133 Å². The van der Waals surface area contributed by atoms with Gasteiger partial charge in [0.15, 0.2) is 0 Å². The lowest BCUT2D eigenvalue weighted by molar-refractivity contribution is 0.0684. The van der Waals surface area contributed by atoms with E-state index in [1.54, 1.807) is 48.5 Å². The van der Waals surface area contributed by atoms with Crippen LogP contribution in [0.1, 0.15) is 52.6 Å². The predicted molar refractivity (Wildman–Crippen MR) is 143 cm³/mol. The third kappa shape index (κ3) is 5.20. The van der Waals surface area contributed by atoms with Crippen molar-refractivity contribution in [3.63, 3.8) is 0 Å². The summed E-state index contributed by atoms with van der Waals surface area (Å²) in [6.07, 6.45) is 10.7. The zero-order valence-electron chi connectivity index (χ0n) is 19.6. The van der Waals surface area contributed by atoms with Crippen LogP contribution in [0.2, 0.25) is 0 Å². The SMILES string of the molecule is C#Cc1ccc(NC(=O)c2cc3cc(C(=O)Nc4ccc(C#C)cc4)c(C(=O)O)cc3cc2C(=O)O)cc1. The molecule has 0 aliphatic carbocycles. The molecular formula is C30H18N2O6. The van der Waals surface area contributed by atoms with Crippen LogP contribution in [-0.4, -0.2) is 34.0 Å². The van der Waals surface area contributed by atoms with Crippen LogP contribution in [0.5, 0.6) is 0 Å². The van der Waals surface area contributed by atoms with E-state index in [2.05, 4.69) is 22.5 Å². The molecule has 0 radical (unpaired) electrons. The van der Waals surface area contributed by atoms with Crippen molar-refractivity contribution in [3.05, 3.63) is 106 Å². The number of hydrogen-bond acceptors (Lipinski definition) is 4. The number of carboxylic acids is 2. The van der Waals surface area contributed by atoms with Gasteiger partial charge in [-0.25, -0.2) is 9.59 Å². The van der Waals surface area contributed by atoms with Gasteiger partial charge >= 0.3 is 11.9 Å². The fourth-order valence-corrected chi connectivity index (χ4v) is 3.78. The Hall–Kier alpha value is -5.86. The fraction of sp³-hybridized carbons (Fsp3) is 0. The third-order valence-electron chi connectivity index (χ3n) is 5.68. The van der Waals surface area contributed by atoms with E-state index in [4.69, 9.17) is 12.8 Å². The van der Waals surface area contributed by atoms with Crippen LogP contribution in [0.25, 0.3) is 10.8 Å². The second-order valence-corrected chi connectivity index (χ2v) is 8.10. The van der Waals surface area contributed by atoms with Crippen LogP contribution in [0, 0.1) is 24.7 Å². The summed E-state index contributed by atoms with van der Waals surface area (Å²) in [5, 5.41) is 25.2. The minimum absolute atomic E-state index is 0.176. The Morgan fingerprint density at radius 3 is 1.16 bits per heavy atom. The number of fused-ring (bicyclic) bond motifs is 1. The number of terminal acetylenes is 2. The number of rotatable bonds is 6. The number of aromatic carboxylic acids is 2. The number of benzene rings is 4. The smallest absolute Gasteiger partial charge is 0.336 e. The molecule has 0 aliphatic heterocycles. The fourth-order valence-electron chi connectivity index (χ4n) is 3.78. The summed E-state index contributed by atoms with van der Waals surface area (Å²) in [6.45, 7) is 0. The highest BCUT2D eigenvalue weighted by molar-refractivity contribution is 6.16. The molecule has 4 aromatic rings. The molecule has 0 atom stereocenters. The molecule has 0 bridgehead atoms. The van der Waals surface area contributed by atoms with Gasteiger partial charge in [-0.15, -0.1) is 12.8 Å². The Morgan fingerprint density at radius 2 is 0.868 bits per heavy atom. The van der Waals surface area contributed by atoms with Gasteiger partial charge in [-0.3, -0.25) is 9.59 Å². The number of nitrogens with one attached hydrogen (secondary N) is 2. The second kappa shape index (κ2) is 10.4. The summed E-state index contributed by atoms with van der Waals surface area (Å²) in [5.74, 6) is 0.737. The Bertz CT molecular complexity index is 1580. The zero-order valence-corrected chi connectivity index (χ0v) is 19.6. The minimum Gasteiger partial charge on any atom is -0.478 e. The first kappa shape index (κ1) is 25.2. The standard InChI is InChI=1S/C30H18N2O6/c1-3-17-5-9-21(10-6-17)31-27(33)23-13-19-14-24(28(34)32-22-11-7-18(4-2)8-12-22)26(30(37)38)16-20(19)15-25(23)29(35)36/h1-2,5-16H,(H,31,33)(H,32,34)(H,35,36)(H,37,38). The maximum atomic E-state index is 13.0. The molecule has 4 N–H and O–H groups in total. The number of hydrogen-bond donors (Lipinski definition) is 4. The van der Waals surface area contributed by atoms with E-state index in [1.165, 1.54) is 24.3 Å². The number of anilines is 2. The maximum Gasteiger partial charge on any atom is 0.336 e. The normalized spacial score (nSPS) is 10.2. The van der Waals surface area contributed by atoms with Crippen molar-refractivity contribution in [3.8, 4) is 24.7 Å². The molecule has 0 aliphatic rings.